The van der Waals surface area contributed by atoms with Gasteiger partial charge in [-0.3, -0.25) is 4.90 Å². The van der Waals surface area contributed by atoms with Crippen LogP contribution in [0.25, 0.3) is 0 Å². The predicted octanol–water partition coefficient (Wildman–Crippen LogP) is 0.549. The minimum Gasteiger partial charge on any atom is -0.383 e. The molecule has 0 amide bonds. The summed E-state index contributed by atoms with van der Waals surface area (Å²) in [6.07, 6.45) is 0. The summed E-state index contributed by atoms with van der Waals surface area (Å²) in [6.45, 7) is 2.51. The fourth-order valence-corrected chi connectivity index (χ4v) is 0.961. The lowest BCUT2D eigenvalue weighted by atomic mass is 10.3. The molecule has 0 fully saturated rings. The number of alkyl halides is 2. The Hall–Kier alpha value is -0.260. The third-order valence-corrected chi connectivity index (χ3v) is 1.81. The number of ether oxygens (including phenoxy) is 1. The number of hydrogen-bond acceptors (Lipinski definition) is 3. The molecule has 0 heterocycles. The molecule has 13 heavy (non-hydrogen) atoms. The second-order valence-corrected chi connectivity index (χ2v) is 2.92. The number of rotatable bonds is 7. The van der Waals surface area contributed by atoms with Crippen LogP contribution in [-0.4, -0.2) is 50.7 Å². The quantitative estimate of drug-likeness (QED) is 0.646. The Morgan fingerprint density at radius 3 is 2.46 bits per heavy atom. The van der Waals surface area contributed by atoms with Crippen LogP contribution in [0.2, 0.25) is 0 Å². The predicted molar refractivity (Wildman–Crippen MR) is 48.0 cm³/mol. The molecule has 5 heteroatoms. The van der Waals surface area contributed by atoms with Crippen molar-refractivity contribution in [2.45, 2.75) is 12.8 Å². The molecule has 0 aromatic carbocycles. The van der Waals surface area contributed by atoms with Gasteiger partial charge in [0.15, 0.2) is 0 Å². The highest BCUT2D eigenvalue weighted by molar-refractivity contribution is 4.72. The molecule has 0 aromatic rings. The van der Waals surface area contributed by atoms with Gasteiger partial charge in [0.25, 0.3) is 5.92 Å². The van der Waals surface area contributed by atoms with Crippen molar-refractivity contribution < 1.29 is 13.5 Å². The molecule has 0 saturated heterocycles. The van der Waals surface area contributed by atoms with Crippen LogP contribution >= 0.6 is 0 Å². The fourth-order valence-electron chi connectivity index (χ4n) is 0.961. The third kappa shape index (κ3) is 5.90. The number of methoxy groups -OCH3 is 1. The van der Waals surface area contributed by atoms with Gasteiger partial charge in [-0.15, -0.1) is 0 Å². The standard InChI is InChI=1S/C8H18F2N2O/c1-3-12(4-5-13-2)7-8(9,10)6-11/h3-7,11H2,1-2H3. The van der Waals surface area contributed by atoms with Crippen molar-refractivity contribution in [3.63, 3.8) is 0 Å². The first kappa shape index (κ1) is 12.7. The summed E-state index contributed by atoms with van der Waals surface area (Å²) in [5.41, 5.74) is 4.93. The topological polar surface area (TPSA) is 38.5 Å². The van der Waals surface area contributed by atoms with Crippen molar-refractivity contribution in [3.05, 3.63) is 0 Å². The van der Waals surface area contributed by atoms with E-state index >= 15 is 0 Å². The van der Waals surface area contributed by atoms with E-state index in [0.717, 1.165) is 0 Å². The average molecular weight is 196 g/mol. The smallest absolute Gasteiger partial charge is 0.272 e. The van der Waals surface area contributed by atoms with Gasteiger partial charge in [-0.25, -0.2) is 8.78 Å². The van der Waals surface area contributed by atoms with Crippen LogP contribution in [0.5, 0.6) is 0 Å². The van der Waals surface area contributed by atoms with Gasteiger partial charge in [0.05, 0.1) is 19.7 Å². The molecule has 0 aliphatic carbocycles. The SMILES string of the molecule is CCN(CCOC)CC(F)(F)CN. The lowest BCUT2D eigenvalue weighted by Crippen LogP contribution is -2.42. The molecule has 2 N–H and O–H groups in total. The molecule has 80 valence electrons. The Balaban J connectivity index is 3.82. The lowest BCUT2D eigenvalue weighted by molar-refractivity contribution is -0.0264. The minimum absolute atomic E-state index is 0.288. The maximum absolute atomic E-state index is 12.8. The van der Waals surface area contributed by atoms with E-state index in [9.17, 15) is 8.78 Å². The van der Waals surface area contributed by atoms with Gasteiger partial charge in [0.1, 0.15) is 0 Å². The molecule has 0 spiro atoms. The van der Waals surface area contributed by atoms with Gasteiger partial charge in [0, 0.05) is 13.7 Å². The van der Waals surface area contributed by atoms with Gasteiger partial charge < -0.3 is 10.5 Å². The first-order valence-corrected chi connectivity index (χ1v) is 4.35. The largest absolute Gasteiger partial charge is 0.383 e. The molecule has 0 aromatic heterocycles. The third-order valence-electron chi connectivity index (χ3n) is 1.81. The normalized spacial score (nSPS) is 12.5. The number of halogens is 2. The summed E-state index contributed by atoms with van der Waals surface area (Å²) in [5, 5.41) is 0. The molecule has 0 radical (unpaired) electrons. The molecule has 3 nitrogen and oxygen atoms in total. The summed E-state index contributed by atoms with van der Waals surface area (Å²) in [4.78, 5) is 1.62. The molecule has 0 aliphatic rings. The second-order valence-electron chi connectivity index (χ2n) is 2.92. The summed E-state index contributed by atoms with van der Waals surface area (Å²) >= 11 is 0. The van der Waals surface area contributed by atoms with Crippen LogP contribution in [0, 0.1) is 0 Å². The van der Waals surface area contributed by atoms with Gasteiger partial charge in [-0.1, -0.05) is 6.92 Å². The van der Waals surface area contributed by atoms with E-state index in [4.69, 9.17) is 10.5 Å². The van der Waals surface area contributed by atoms with Gasteiger partial charge in [0.2, 0.25) is 0 Å². The van der Waals surface area contributed by atoms with Crippen molar-refractivity contribution >= 4 is 0 Å². The Kier molecular flexibility index (Phi) is 6.11. The zero-order valence-electron chi connectivity index (χ0n) is 8.22. The highest BCUT2D eigenvalue weighted by Crippen LogP contribution is 2.12. The zero-order valence-corrected chi connectivity index (χ0v) is 8.22. The molecule has 0 atom stereocenters. The van der Waals surface area contributed by atoms with Crippen LogP contribution in [-0.2, 0) is 4.74 Å². The van der Waals surface area contributed by atoms with Crippen molar-refractivity contribution in [1.82, 2.24) is 4.90 Å². The monoisotopic (exact) mass is 196 g/mol. The summed E-state index contributed by atoms with van der Waals surface area (Å²) in [6, 6.07) is 0. The van der Waals surface area contributed by atoms with Crippen LogP contribution in [0.15, 0.2) is 0 Å². The molecule has 0 rings (SSSR count). The molecular weight excluding hydrogens is 178 g/mol. The first-order chi connectivity index (χ1) is 6.05. The van der Waals surface area contributed by atoms with Gasteiger partial charge >= 0.3 is 0 Å². The van der Waals surface area contributed by atoms with E-state index in [1.54, 1.807) is 12.0 Å². The minimum atomic E-state index is -2.79. The number of likely N-dealkylation sites (N-methyl/N-ethyl adjacent to an activating group) is 1. The van der Waals surface area contributed by atoms with E-state index in [-0.39, 0.29) is 6.54 Å². The Morgan fingerprint density at radius 1 is 1.46 bits per heavy atom. The van der Waals surface area contributed by atoms with Crippen LogP contribution < -0.4 is 5.73 Å². The van der Waals surface area contributed by atoms with Crippen molar-refractivity contribution in [2.75, 3.05) is 39.9 Å². The molecule has 0 saturated carbocycles. The van der Waals surface area contributed by atoms with E-state index in [1.165, 1.54) is 0 Å². The Morgan fingerprint density at radius 2 is 2.08 bits per heavy atom. The van der Waals surface area contributed by atoms with Crippen molar-refractivity contribution in [1.29, 1.82) is 0 Å². The van der Waals surface area contributed by atoms with E-state index < -0.39 is 12.5 Å². The second kappa shape index (κ2) is 6.23. The molecule has 0 bridgehead atoms. The Bertz CT molecular complexity index is 133. The van der Waals surface area contributed by atoms with Gasteiger partial charge in [-0.05, 0) is 6.54 Å². The average Bonchev–Trinajstić information content (AvgIpc) is 2.12. The molecule has 0 aliphatic heterocycles. The van der Waals surface area contributed by atoms with E-state index in [1.807, 2.05) is 6.92 Å². The van der Waals surface area contributed by atoms with E-state index in [2.05, 4.69) is 0 Å². The number of hydrogen-bond donors (Lipinski definition) is 1. The Labute approximate surface area is 77.8 Å². The molecule has 0 unspecified atom stereocenters. The first-order valence-electron chi connectivity index (χ1n) is 4.35. The van der Waals surface area contributed by atoms with E-state index in [0.29, 0.717) is 19.7 Å². The molecular formula is C8H18F2N2O. The lowest BCUT2D eigenvalue weighted by Gasteiger charge is -2.24. The van der Waals surface area contributed by atoms with Crippen LogP contribution in [0.3, 0.4) is 0 Å². The maximum atomic E-state index is 12.8. The highest BCUT2D eigenvalue weighted by atomic mass is 19.3. The summed E-state index contributed by atoms with van der Waals surface area (Å²) < 4.78 is 30.4. The fraction of sp³-hybridized carbons (Fsp3) is 1.00. The summed E-state index contributed by atoms with van der Waals surface area (Å²) in [5.74, 6) is -2.79. The van der Waals surface area contributed by atoms with Crippen LogP contribution in [0.1, 0.15) is 6.92 Å². The number of nitrogens with two attached hydrogens (primary N) is 1. The maximum Gasteiger partial charge on any atom is 0.272 e. The van der Waals surface area contributed by atoms with Crippen molar-refractivity contribution in [3.8, 4) is 0 Å². The van der Waals surface area contributed by atoms with Crippen LogP contribution in [0.4, 0.5) is 8.78 Å². The number of nitrogens with zero attached hydrogens (tertiary/aromatic N) is 1. The zero-order chi connectivity index (χ0) is 10.3. The van der Waals surface area contributed by atoms with Gasteiger partial charge in [-0.2, -0.15) is 0 Å². The highest BCUT2D eigenvalue weighted by Gasteiger charge is 2.28. The summed E-state index contributed by atoms with van der Waals surface area (Å²) in [7, 11) is 1.55. The van der Waals surface area contributed by atoms with Crippen molar-refractivity contribution in [2.24, 2.45) is 5.73 Å².